The highest BCUT2D eigenvalue weighted by atomic mass is 16.5. The van der Waals surface area contributed by atoms with Gasteiger partial charge in [0.25, 0.3) is 0 Å². The molecular formula is C21H25N5O2. The third-order valence-electron chi connectivity index (χ3n) is 4.70. The Hall–Kier alpha value is -2.93. The lowest BCUT2D eigenvalue weighted by Gasteiger charge is -2.25. The van der Waals surface area contributed by atoms with E-state index < -0.39 is 0 Å². The Morgan fingerprint density at radius 2 is 2.07 bits per heavy atom. The molecule has 0 aliphatic carbocycles. The van der Waals surface area contributed by atoms with E-state index in [4.69, 9.17) is 9.47 Å². The lowest BCUT2D eigenvalue weighted by atomic mass is 9.91. The maximum atomic E-state index is 6.12. The summed E-state index contributed by atoms with van der Waals surface area (Å²) in [5.41, 5.74) is 3.01. The smallest absolute Gasteiger partial charge is 0.246 e. The van der Waals surface area contributed by atoms with Crippen LogP contribution in [0.3, 0.4) is 0 Å². The minimum atomic E-state index is 0.108. The highest BCUT2D eigenvalue weighted by molar-refractivity contribution is 5.58. The van der Waals surface area contributed by atoms with Gasteiger partial charge in [0.05, 0.1) is 18.0 Å². The van der Waals surface area contributed by atoms with E-state index in [0.29, 0.717) is 11.9 Å². The summed E-state index contributed by atoms with van der Waals surface area (Å²) in [5.74, 6) is 1.91. The van der Waals surface area contributed by atoms with Gasteiger partial charge in [0, 0.05) is 31.2 Å². The van der Waals surface area contributed by atoms with E-state index in [0.717, 1.165) is 43.2 Å². The maximum Gasteiger partial charge on any atom is 0.246 e. The van der Waals surface area contributed by atoms with E-state index >= 15 is 0 Å². The first-order chi connectivity index (χ1) is 13.7. The zero-order valence-electron chi connectivity index (χ0n) is 16.2. The van der Waals surface area contributed by atoms with Crippen molar-refractivity contribution >= 4 is 11.6 Å². The van der Waals surface area contributed by atoms with Gasteiger partial charge in [-0.3, -0.25) is 4.98 Å². The van der Waals surface area contributed by atoms with Crippen LogP contribution in [0.25, 0.3) is 5.69 Å². The second kappa shape index (κ2) is 8.39. The summed E-state index contributed by atoms with van der Waals surface area (Å²) in [4.78, 5) is 8.46. The van der Waals surface area contributed by atoms with Crippen LogP contribution >= 0.6 is 0 Å². The lowest BCUT2D eigenvalue weighted by molar-refractivity contribution is 0.0843. The van der Waals surface area contributed by atoms with Gasteiger partial charge in [-0.25, -0.2) is 4.68 Å². The van der Waals surface area contributed by atoms with Crippen molar-refractivity contribution in [1.29, 1.82) is 0 Å². The number of anilines is 2. The second-order valence-corrected chi connectivity index (χ2v) is 7.15. The average Bonchev–Trinajstić information content (AvgIpc) is 3.18. The van der Waals surface area contributed by atoms with E-state index in [1.807, 2.05) is 32.0 Å². The molecule has 0 amide bonds. The van der Waals surface area contributed by atoms with Crippen molar-refractivity contribution in [2.24, 2.45) is 0 Å². The Bertz CT molecular complexity index is 904. The minimum absolute atomic E-state index is 0.108. The Balaban J connectivity index is 1.55. The molecule has 28 heavy (non-hydrogen) atoms. The molecule has 0 unspecified atom stereocenters. The van der Waals surface area contributed by atoms with Gasteiger partial charge in [-0.05, 0) is 56.4 Å². The van der Waals surface area contributed by atoms with Gasteiger partial charge in [-0.2, -0.15) is 4.98 Å². The largest absolute Gasteiger partial charge is 0.491 e. The van der Waals surface area contributed by atoms with Gasteiger partial charge in [-0.1, -0.05) is 6.07 Å². The number of hydrogen-bond acceptors (Lipinski definition) is 6. The van der Waals surface area contributed by atoms with Crippen LogP contribution in [0.4, 0.5) is 11.6 Å². The van der Waals surface area contributed by atoms with Crippen LogP contribution in [0.1, 0.15) is 38.2 Å². The fourth-order valence-corrected chi connectivity index (χ4v) is 3.38. The van der Waals surface area contributed by atoms with Crippen molar-refractivity contribution in [3.8, 4) is 11.4 Å². The average molecular weight is 379 g/mol. The highest BCUT2D eigenvalue weighted by Crippen LogP contribution is 2.36. The Labute approximate surface area is 164 Å². The Morgan fingerprint density at radius 3 is 2.82 bits per heavy atom. The van der Waals surface area contributed by atoms with Crippen molar-refractivity contribution in [1.82, 2.24) is 19.7 Å². The molecule has 4 rings (SSSR count). The molecule has 1 aromatic carbocycles. The molecule has 1 fully saturated rings. The number of nitrogens with one attached hydrogen (secondary N) is 1. The first kappa shape index (κ1) is 18.4. The second-order valence-electron chi connectivity index (χ2n) is 7.15. The number of benzene rings is 1. The predicted octanol–water partition coefficient (Wildman–Crippen LogP) is 4.09. The summed E-state index contributed by atoms with van der Waals surface area (Å²) < 4.78 is 13.3. The number of nitrogens with zero attached hydrogens (tertiary/aromatic N) is 4. The molecule has 1 saturated heterocycles. The number of rotatable bonds is 6. The molecule has 0 bridgehead atoms. The van der Waals surface area contributed by atoms with Crippen LogP contribution in [-0.4, -0.2) is 39.1 Å². The van der Waals surface area contributed by atoms with Crippen LogP contribution in [-0.2, 0) is 4.74 Å². The third kappa shape index (κ3) is 4.31. The van der Waals surface area contributed by atoms with Gasteiger partial charge < -0.3 is 14.8 Å². The number of hydrogen-bond donors (Lipinski definition) is 1. The molecule has 1 aliphatic heterocycles. The van der Waals surface area contributed by atoms with E-state index in [2.05, 4.69) is 32.5 Å². The van der Waals surface area contributed by atoms with Gasteiger partial charge >= 0.3 is 0 Å². The number of aromatic nitrogens is 4. The molecule has 7 heteroatoms. The van der Waals surface area contributed by atoms with Crippen molar-refractivity contribution in [2.45, 2.75) is 38.7 Å². The molecule has 1 N–H and O–H groups in total. The van der Waals surface area contributed by atoms with Crippen LogP contribution < -0.4 is 10.1 Å². The molecule has 2 aromatic heterocycles. The molecule has 146 valence electrons. The van der Waals surface area contributed by atoms with Crippen LogP contribution in [0.15, 0.2) is 49.1 Å². The highest BCUT2D eigenvalue weighted by Gasteiger charge is 2.20. The van der Waals surface area contributed by atoms with Gasteiger partial charge in [-0.15, -0.1) is 5.10 Å². The van der Waals surface area contributed by atoms with Gasteiger partial charge in [0.1, 0.15) is 12.1 Å². The molecular weight excluding hydrogens is 354 g/mol. The lowest BCUT2D eigenvalue weighted by Crippen LogP contribution is -2.16. The Kier molecular flexibility index (Phi) is 5.53. The van der Waals surface area contributed by atoms with Crippen molar-refractivity contribution in [3.05, 3.63) is 54.6 Å². The van der Waals surface area contributed by atoms with E-state index in [1.54, 1.807) is 23.4 Å². The molecule has 1 aliphatic rings. The van der Waals surface area contributed by atoms with Crippen molar-refractivity contribution in [3.63, 3.8) is 0 Å². The third-order valence-corrected chi connectivity index (χ3v) is 4.70. The molecule has 0 radical (unpaired) electrons. The molecule has 3 heterocycles. The zero-order chi connectivity index (χ0) is 19.3. The maximum absolute atomic E-state index is 6.12. The first-order valence-electron chi connectivity index (χ1n) is 9.66. The topological polar surface area (TPSA) is 74.1 Å². The van der Waals surface area contributed by atoms with Gasteiger partial charge in [0.15, 0.2) is 0 Å². The predicted molar refractivity (Wildman–Crippen MR) is 107 cm³/mol. The first-order valence-corrected chi connectivity index (χ1v) is 9.66. The SMILES string of the molecule is CC(C)Oc1cc(Nc2ncn(-c3cccnc3)n2)ccc1C1CCOCC1. The summed E-state index contributed by atoms with van der Waals surface area (Å²) in [6.07, 6.45) is 7.31. The number of pyridine rings is 1. The van der Waals surface area contributed by atoms with Crippen LogP contribution in [0, 0.1) is 0 Å². The summed E-state index contributed by atoms with van der Waals surface area (Å²) >= 11 is 0. The van der Waals surface area contributed by atoms with E-state index in [9.17, 15) is 0 Å². The Morgan fingerprint density at radius 1 is 1.21 bits per heavy atom. The number of ether oxygens (including phenoxy) is 2. The summed E-state index contributed by atoms with van der Waals surface area (Å²) in [6.45, 7) is 5.71. The standard InChI is InChI=1S/C21H25N5O2/c1-15(2)28-20-12-17(5-6-19(20)16-7-10-27-11-8-16)24-21-23-14-26(25-21)18-4-3-9-22-13-18/h3-6,9,12-16H,7-8,10-11H2,1-2H3,(H,24,25). The van der Waals surface area contributed by atoms with E-state index in [1.165, 1.54) is 5.56 Å². The van der Waals surface area contributed by atoms with Crippen LogP contribution in [0.2, 0.25) is 0 Å². The summed E-state index contributed by atoms with van der Waals surface area (Å²) in [6, 6.07) is 10.0. The fourth-order valence-electron chi connectivity index (χ4n) is 3.38. The summed E-state index contributed by atoms with van der Waals surface area (Å²) in [7, 11) is 0. The molecule has 0 saturated carbocycles. The fraction of sp³-hybridized carbons (Fsp3) is 0.381. The quantitative estimate of drug-likeness (QED) is 0.695. The molecule has 7 nitrogen and oxygen atoms in total. The minimum Gasteiger partial charge on any atom is -0.491 e. The summed E-state index contributed by atoms with van der Waals surface area (Å²) in [5, 5.41) is 7.75. The van der Waals surface area contributed by atoms with Gasteiger partial charge in [0.2, 0.25) is 5.95 Å². The van der Waals surface area contributed by atoms with Crippen molar-refractivity contribution < 1.29 is 9.47 Å². The molecule has 0 spiro atoms. The monoisotopic (exact) mass is 379 g/mol. The normalized spacial score (nSPS) is 15.0. The zero-order valence-corrected chi connectivity index (χ0v) is 16.2. The van der Waals surface area contributed by atoms with E-state index in [-0.39, 0.29) is 6.10 Å². The van der Waals surface area contributed by atoms with Crippen LogP contribution in [0.5, 0.6) is 5.75 Å². The molecule has 3 aromatic rings. The van der Waals surface area contributed by atoms with Crippen molar-refractivity contribution in [2.75, 3.05) is 18.5 Å². The molecule has 0 atom stereocenters.